The molecule has 0 amide bonds. The van der Waals surface area contributed by atoms with Crippen molar-refractivity contribution in [2.45, 2.75) is 19.9 Å². The zero-order valence-electron chi connectivity index (χ0n) is 11.6. The smallest absolute Gasteiger partial charge is 0.176 e. The molecule has 0 spiro atoms. The zero-order valence-corrected chi connectivity index (χ0v) is 11.6. The maximum atomic E-state index is 9.02. The third kappa shape index (κ3) is 3.08. The Kier molecular flexibility index (Phi) is 4.45. The number of fused-ring (bicyclic) bond motifs is 1. The predicted molar refractivity (Wildman–Crippen MR) is 75.4 cm³/mol. The van der Waals surface area contributed by atoms with E-state index in [0.29, 0.717) is 0 Å². The molecule has 0 bridgehead atoms. The first-order chi connectivity index (χ1) is 9.15. The molecule has 0 radical (unpaired) electrons. The molecule has 1 heterocycles. The van der Waals surface area contributed by atoms with Crippen molar-refractivity contribution in [3.63, 3.8) is 0 Å². The average Bonchev–Trinajstić information content (AvgIpc) is 2.88. The maximum absolute atomic E-state index is 9.02. The Morgan fingerprint density at radius 2 is 2.16 bits per heavy atom. The molecule has 0 saturated carbocycles. The molecule has 104 valence electrons. The van der Waals surface area contributed by atoms with E-state index >= 15 is 0 Å². The molecule has 0 aliphatic rings. The van der Waals surface area contributed by atoms with E-state index in [1.807, 2.05) is 38.1 Å². The molecule has 0 saturated heterocycles. The lowest BCUT2D eigenvalue weighted by Crippen LogP contribution is -2.25. The Hall–Kier alpha value is -1.52. The largest absolute Gasteiger partial charge is 0.493 e. The highest BCUT2D eigenvalue weighted by atomic mass is 16.5. The van der Waals surface area contributed by atoms with Crippen LogP contribution < -0.4 is 10.1 Å². The van der Waals surface area contributed by atoms with Crippen molar-refractivity contribution in [1.82, 2.24) is 5.32 Å². The van der Waals surface area contributed by atoms with E-state index < -0.39 is 0 Å². The Morgan fingerprint density at radius 1 is 1.37 bits per heavy atom. The van der Waals surface area contributed by atoms with Gasteiger partial charge >= 0.3 is 0 Å². The summed E-state index contributed by atoms with van der Waals surface area (Å²) in [5.74, 6) is 1.87. The van der Waals surface area contributed by atoms with Crippen molar-refractivity contribution in [2.75, 3.05) is 20.3 Å². The van der Waals surface area contributed by atoms with Crippen molar-refractivity contribution >= 4 is 11.0 Å². The van der Waals surface area contributed by atoms with Gasteiger partial charge < -0.3 is 19.6 Å². The SMILES string of the molecule is COc1cccc2cc(C(C)NCC(C)CO)oc12. The van der Waals surface area contributed by atoms with Gasteiger partial charge in [0, 0.05) is 18.5 Å². The van der Waals surface area contributed by atoms with E-state index in [1.165, 1.54) is 0 Å². The molecule has 0 aliphatic carbocycles. The Balaban J connectivity index is 2.16. The van der Waals surface area contributed by atoms with Gasteiger partial charge in [0.05, 0.1) is 13.2 Å². The van der Waals surface area contributed by atoms with Crippen LogP contribution in [0.2, 0.25) is 0 Å². The molecule has 4 nitrogen and oxygen atoms in total. The molecule has 2 aromatic rings. The summed E-state index contributed by atoms with van der Waals surface area (Å²) in [4.78, 5) is 0. The normalized spacial score (nSPS) is 14.5. The number of aliphatic hydroxyl groups is 1. The summed E-state index contributed by atoms with van der Waals surface area (Å²) in [6.07, 6.45) is 0. The molecule has 4 heteroatoms. The van der Waals surface area contributed by atoms with Crippen LogP contribution in [0, 0.1) is 5.92 Å². The van der Waals surface area contributed by atoms with E-state index in [0.717, 1.165) is 29.0 Å². The number of para-hydroxylation sites is 1. The molecule has 2 rings (SSSR count). The van der Waals surface area contributed by atoms with Gasteiger partial charge in [-0.2, -0.15) is 0 Å². The molecular formula is C15H21NO3. The van der Waals surface area contributed by atoms with Crippen LogP contribution in [0.25, 0.3) is 11.0 Å². The second kappa shape index (κ2) is 6.08. The quantitative estimate of drug-likeness (QED) is 0.841. The lowest BCUT2D eigenvalue weighted by atomic mass is 10.1. The lowest BCUT2D eigenvalue weighted by Gasteiger charge is -2.14. The molecule has 1 aromatic heterocycles. The summed E-state index contributed by atoms with van der Waals surface area (Å²) >= 11 is 0. The molecule has 2 N–H and O–H groups in total. The average molecular weight is 263 g/mol. The predicted octanol–water partition coefficient (Wildman–Crippen LogP) is 2.72. The molecule has 0 aliphatic heterocycles. The highest BCUT2D eigenvalue weighted by Crippen LogP contribution is 2.30. The number of ether oxygens (including phenoxy) is 1. The number of hydrogen-bond acceptors (Lipinski definition) is 4. The molecule has 0 fully saturated rings. The number of nitrogens with one attached hydrogen (secondary N) is 1. The summed E-state index contributed by atoms with van der Waals surface area (Å²) < 4.78 is 11.2. The summed E-state index contributed by atoms with van der Waals surface area (Å²) in [5, 5.41) is 13.4. The van der Waals surface area contributed by atoms with Crippen LogP contribution in [-0.4, -0.2) is 25.4 Å². The Morgan fingerprint density at radius 3 is 2.84 bits per heavy atom. The maximum Gasteiger partial charge on any atom is 0.176 e. The Labute approximate surface area is 113 Å². The summed E-state index contributed by atoms with van der Waals surface area (Å²) in [7, 11) is 1.64. The van der Waals surface area contributed by atoms with Gasteiger partial charge in [0.25, 0.3) is 0 Å². The third-order valence-electron chi connectivity index (χ3n) is 3.26. The standard InChI is InChI=1S/C15H21NO3/c1-10(9-17)8-16-11(2)14-7-12-5-4-6-13(18-3)15(12)19-14/h4-7,10-11,16-17H,8-9H2,1-3H3. The van der Waals surface area contributed by atoms with Crippen LogP contribution in [-0.2, 0) is 0 Å². The van der Waals surface area contributed by atoms with E-state index in [1.54, 1.807) is 7.11 Å². The minimum Gasteiger partial charge on any atom is -0.493 e. The minimum absolute atomic E-state index is 0.103. The number of benzene rings is 1. The van der Waals surface area contributed by atoms with Crippen molar-refractivity contribution < 1.29 is 14.3 Å². The van der Waals surface area contributed by atoms with Crippen molar-refractivity contribution in [2.24, 2.45) is 5.92 Å². The third-order valence-corrected chi connectivity index (χ3v) is 3.26. The van der Waals surface area contributed by atoms with Crippen LogP contribution in [0.1, 0.15) is 25.6 Å². The fourth-order valence-electron chi connectivity index (χ4n) is 1.97. The van der Waals surface area contributed by atoms with Crippen LogP contribution in [0.15, 0.2) is 28.7 Å². The van der Waals surface area contributed by atoms with Crippen LogP contribution in [0.4, 0.5) is 0 Å². The monoisotopic (exact) mass is 263 g/mol. The fraction of sp³-hybridized carbons (Fsp3) is 0.467. The first-order valence-corrected chi connectivity index (χ1v) is 6.56. The van der Waals surface area contributed by atoms with E-state index in [-0.39, 0.29) is 18.6 Å². The molecular weight excluding hydrogens is 242 g/mol. The minimum atomic E-state index is 0.103. The van der Waals surface area contributed by atoms with Gasteiger partial charge in [-0.1, -0.05) is 19.1 Å². The van der Waals surface area contributed by atoms with Crippen molar-refractivity contribution in [3.8, 4) is 5.75 Å². The topological polar surface area (TPSA) is 54.6 Å². The van der Waals surface area contributed by atoms with Gasteiger partial charge in [-0.25, -0.2) is 0 Å². The summed E-state index contributed by atoms with van der Waals surface area (Å²) in [6.45, 7) is 5.00. The van der Waals surface area contributed by atoms with Gasteiger partial charge in [-0.05, 0) is 25.0 Å². The molecule has 1 aromatic carbocycles. The van der Waals surface area contributed by atoms with Crippen molar-refractivity contribution in [1.29, 1.82) is 0 Å². The van der Waals surface area contributed by atoms with Gasteiger partial charge in [-0.3, -0.25) is 0 Å². The van der Waals surface area contributed by atoms with Crippen LogP contribution in [0.5, 0.6) is 5.75 Å². The Bertz CT molecular complexity index is 535. The second-order valence-electron chi connectivity index (χ2n) is 4.95. The highest BCUT2D eigenvalue weighted by Gasteiger charge is 2.14. The molecule has 2 unspecified atom stereocenters. The number of rotatable bonds is 6. The van der Waals surface area contributed by atoms with Gasteiger partial charge in [-0.15, -0.1) is 0 Å². The summed E-state index contributed by atoms with van der Waals surface area (Å²) in [5.41, 5.74) is 0.781. The van der Waals surface area contributed by atoms with Gasteiger partial charge in [0.2, 0.25) is 0 Å². The van der Waals surface area contributed by atoms with Crippen LogP contribution >= 0.6 is 0 Å². The lowest BCUT2D eigenvalue weighted by molar-refractivity contribution is 0.229. The van der Waals surface area contributed by atoms with E-state index in [4.69, 9.17) is 14.3 Å². The van der Waals surface area contributed by atoms with Gasteiger partial charge in [0.15, 0.2) is 11.3 Å². The zero-order chi connectivity index (χ0) is 13.8. The van der Waals surface area contributed by atoms with Gasteiger partial charge in [0.1, 0.15) is 5.76 Å². The number of aliphatic hydroxyl groups excluding tert-OH is 1. The highest BCUT2D eigenvalue weighted by molar-refractivity contribution is 5.83. The number of hydrogen-bond donors (Lipinski definition) is 2. The summed E-state index contributed by atoms with van der Waals surface area (Å²) in [6, 6.07) is 7.98. The van der Waals surface area contributed by atoms with E-state index in [9.17, 15) is 0 Å². The molecule has 19 heavy (non-hydrogen) atoms. The van der Waals surface area contributed by atoms with E-state index in [2.05, 4.69) is 5.32 Å². The fourth-order valence-corrected chi connectivity index (χ4v) is 1.97. The second-order valence-corrected chi connectivity index (χ2v) is 4.95. The van der Waals surface area contributed by atoms with Crippen LogP contribution in [0.3, 0.4) is 0 Å². The number of furan rings is 1. The number of methoxy groups -OCH3 is 1. The van der Waals surface area contributed by atoms with Crippen molar-refractivity contribution in [3.05, 3.63) is 30.0 Å². The first-order valence-electron chi connectivity index (χ1n) is 6.56. The first kappa shape index (κ1) is 13.9. The molecule has 2 atom stereocenters.